The van der Waals surface area contributed by atoms with Gasteiger partial charge in [-0.05, 0) is 26.8 Å². The van der Waals surface area contributed by atoms with Crippen molar-refractivity contribution in [2.75, 3.05) is 25.5 Å². The van der Waals surface area contributed by atoms with Gasteiger partial charge in [0.1, 0.15) is 0 Å². The summed E-state index contributed by atoms with van der Waals surface area (Å²) in [6.07, 6.45) is 6.61. The summed E-state index contributed by atoms with van der Waals surface area (Å²) in [6, 6.07) is 0.703. The van der Waals surface area contributed by atoms with E-state index in [1.807, 2.05) is 0 Å². The van der Waals surface area contributed by atoms with Crippen LogP contribution in [0.15, 0.2) is 6.20 Å². The van der Waals surface area contributed by atoms with Crippen molar-refractivity contribution >= 4 is 11.9 Å². The number of aromatic carboxylic acids is 1. The average molecular weight is 278 g/mol. The lowest BCUT2D eigenvalue weighted by molar-refractivity contribution is 0.0695. The van der Waals surface area contributed by atoms with E-state index in [9.17, 15) is 4.79 Å². The Morgan fingerprint density at radius 2 is 2.20 bits per heavy atom. The van der Waals surface area contributed by atoms with Crippen LogP contribution < -0.4 is 5.32 Å². The van der Waals surface area contributed by atoms with Gasteiger partial charge in [0.2, 0.25) is 5.95 Å². The van der Waals surface area contributed by atoms with E-state index in [1.165, 1.54) is 31.9 Å². The zero-order valence-electron chi connectivity index (χ0n) is 12.1. The standard InChI is InChI=1S/C14H22N4O2/c1-10-12(13(19)20)9-16-14(17-10)15-7-8-18(2)11-5-3-4-6-11/h9,11H,3-8H2,1-2H3,(H,19,20)(H,15,16,17). The van der Waals surface area contributed by atoms with Crippen molar-refractivity contribution in [3.8, 4) is 0 Å². The molecule has 0 unspecified atom stereocenters. The van der Waals surface area contributed by atoms with Gasteiger partial charge in [-0.1, -0.05) is 12.8 Å². The molecule has 0 aromatic carbocycles. The van der Waals surface area contributed by atoms with E-state index in [-0.39, 0.29) is 5.56 Å². The van der Waals surface area contributed by atoms with Gasteiger partial charge in [-0.25, -0.2) is 14.8 Å². The van der Waals surface area contributed by atoms with E-state index in [2.05, 4.69) is 27.2 Å². The fraction of sp³-hybridized carbons (Fsp3) is 0.643. The lowest BCUT2D eigenvalue weighted by Gasteiger charge is -2.23. The van der Waals surface area contributed by atoms with Crippen LogP contribution in [0.4, 0.5) is 5.95 Å². The van der Waals surface area contributed by atoms with Crippen LogP contribution >= 0.6 is 0 Å². The molecule has 1 aromatic rings. The lowest BCUT2D eigenvalue weighted by atomic mass is 10.2. The summed E-state index contributed by atoms with van der Waals surface area (Å²) in [4.78, 5) is 21.5. The van der Waals surface area contributed by atoms with Crippen LogP contribution in [0.2, 0.25) is 0 Å². The minimum Gasteiger partial charge on any atom is -0.478 e. The molecule has 0 radical (unpaired) electrons. The Morgan fingerprint density at radius 3 is 2.80 bits per heavy atom. The largest absolute Gasteiger partial charge is 0.478 e. The molecule has 1 aliphatic rings. The molecule has 0 amide bonds. The van der Waals surface area contributed by atoms with Crippen molar-refractivity contribution in [2.24, 2.45) is 0 Å². The third-order valence-electron chi connectivity index (χ3n) is 3.91. The monoisotopic (exact) mass is 278 g/mol. The highest BCUT2D eigenvalue weighted by atomic mass is 16.4. The smallest absolute Gasteiger partial charge is 0.339 e. The van der Waals surface area contributed by atoms with E-state index in [4.69, 9.17) is 5.11 Å². The lowest BCUT2D eigenvalue weighted by Crippen LogP contribution is -2.33. The van der Waals surface area contributed by atoms with Crippen LogP contribution in [0.25, 0.3) is 0 Å². The second-order valence-corrected chi connectivity index (χ2v) is 5.34. The number of rotatable bonds is 6. The summed E-state index contributed by atoms with van der Waals surface area (Å²) in [6.45, 7) is 3.38. The van der Waals surface area contributed by atoms with Crippen molar-refractivity contribution in [2.45, 2.75) is 38.6 Å². The number of likely N-dealkylation sites (N-methyl/N-ethyl adjacent to an activating group) is 1. The van der Waals surface area contributed by atoms with Gasteiger partial charge in [0.05, 0.1) is 11.3 Å². The number of nitrogens with zero attached hydrogens (tertiary/aromatic N) is 3. The number of anilines is 1. The molecule has 2 rings (SSSR count). The third kappa shape index (κ3) is 3.66. The topological polar surface area (TPSA) is 78.4 Å². The number of carboxylic acid groups (broad SMARTS) is 1. The number of hydrogen-bond donors (Lipinski definition) is 2. The molecule has 1 saturated carbocycles. The summed E-state index contributed by atoms with van der Waals surface area (Å²) in [5.41, 5.74) is 0.637. The van der Waals surface area contributed by atoms with Crippen molar-refractivity contribution in [1.29, 1.82) is 0 Å². The summed E-state index contributed by atoms with van der Waals surface area (Å²) in [7, 11) is 2.15. The summed E-state index contributed by atoms with van der Waals surface area (Å²) < 4.78 is 0. The average Bonchev–Trinajstić information content (AvgIpc) is 2.92. The molecule has 0 aliphatic heterocycles. The van der Waals surface area contributed by atoms with Gasteiger partial charge in [-0.3, -0.25) is 0 Å². The minimum absolute atomic E-state index is 0.152. The molecule has 1 aliphatic carbocycles. The van der Waals surface area contributed by atoms with Gasteiger partial charge in [0, 0.05) is 25.3 Å². The maximum Gasteiger partial charge on any atom is 0.339 e. The van der Waals surface area contributed by atoms with E-state index in [0.29, 0.717) is 17.7 Å². The highest BCUT2D eigenvalue weighted by Gasteiger charge is 2.18. The first-order valence-electron chi connectivity index (χ1n) is 7.09. The number of aryl methyl sites for hydroxylation is 1. The first kappa shape index (κ1) is 14.7. The molecular formula is C14H22N4O2. The molecule has 0 spiro atoms. The van der Waals surface area contributed by atoms with Crippen LogP contribution in [0, 0.1) is 6.92 Å². The zero-order valence-corrected chi connectivity index (χ0v) is 12.1. The van der Waals surface area contributed by atoms with Gasteiger partial charge < -0.3 is 15.3 Å². The molecule has 0 atom stereocenters. The Hall–Kier alpha value is -1.69. The number of carbonyl (C=O) groups is 1. The van der Waals surface area contributed by atoms with Gasteiger partial charge in [0.25, 0.3) is 0 Å². The first-order chi connectivity index (χ1) is 9.58. The Balaban J connectivity index is 1.82. The Labute approximate surface area is 119 Å². The highest BCUT2D eigenvalue weighted by Crippen LogP contribution is 2.21. The second kappa shape index (κ2) is 6.65. The minimum atomic E-state index is -0.991. The molecule has 20 heavy (non-hydrogen) atoms. The molecular weight excluding hydrogens is 256 g/mol. The van der Waals surface area contributed by atoms with E-state index in [1.54, 1.807) is 6.92 Å². The maximum atomic E-state index is 10.9. The van der Waals surface area contributed by atoms with Crippen LogP contribution in [-0.4, -0.2) is 52.1 Å². The predicted molar refractivity (Wildman–Crippen MR) is 77.1 cm³/mol. The van der Waals surface area contributed by atoms with Crippen molar-refractivity contribution in [3.05, 3.63) is 17.5 Å². The van der Waals surface area contributed by atoms with E-state index < -0.39 is 5.97 Å². The molecule has 0 saturated heterocycles. The highest BCUT2D eigenvalue weighted by molar-refractivity contribution is 5.88. The molecule has 1 fully saturated rings. The van der Waals surface area contributed by atoms with Crippen LogP contribution in [-0.2, 0) is 0 Å². The molecule has 1 aromatic heterocycles. The number of carboxylic acids is 1. The number of aromatic nitrogens is 2. The quantitative estimate of drug-likeness (QED) is 0.825. The first-order valence-corrected chi connectivity index (χ1v) is 7.09. The van der Waals surface area contributed by atoms with Crippen LogP contribution in [0.3, 0.4) is 0 Å². The second-order valence-electron chi connectivity index (χ2n) is 5.34. The summed E-state index contributed by atoms with van der Waals surface area (Å²) >= 11 is 0. The van der Waals surface area contributed by atoms with Crippen molar-refractivity contribution in [3.63, 3.8) is 0 Å². The summed E-state index contributed by atoms with van der Waals surface area (Å²) in [5, 5.41) is 12.1. The molecule has 0 bridgehead atoms. The van der Waals surface area contributed by atoms with Crippen molar-refractivity contribution in [1.82, 2.24) is 14.9 Å². The molecule has 6 heteroatoms. The van der Waals surface area contributed by atoms with Crippen LogP contribution in [0.5, 0.6) is 0 Å². The number of hydrogen-bond acceptors (Lipinski definition) is 5. The van der Waals surface area contributed by atoms with E-state index >= 15 is 0 Å². The molecule has 2 N–H and O–H groups in total. The van der Waals surface area contributed by atoms with Crippen molar-refractivity contribution < 1.29 is 9.90 Å². The van der Waals surface area contributed by atoms with E-state index in [0.717, 1.165) is 13.1 Å². The Kier molecular flexibility index (Phi) is 4.89. The van der Waals surface area contributed by atoms with Gasteiger partial charge in [0.15, 0.2) is 0 Å². The number of nitrogens with one attached hydrogen (secondary N) is 1. The maximum absolute atomic E-state index is 10.9. The fourth-order valence-corrected chi connectivity index (χ4v) is 2.63. The third-order valence-corrected chi connectivity index (χ3v) is 3.91. The normalized spacial score (nSPS) is 15.8. The fourth-order valence-electron chi connectivity index (χ4n) is 2.63. The zero-order chi connectivity index (χ0) is 14.5. The summed E-state index contributed by atoms with van der Waals surface area (Å²) in [5.74, 6) is -0.498. The molecule has 6 nitrogen and oxygen atoms in total. The molecule has 1 heterocycles. The Bertz CT molecular complexity index is 472. The van der Waals surface area contributed by atoms with Crippen LogP contribution in [0.1, 0.15) is 41.7 Å². The van der Waals surface area contributed by atoms with Gasteiger partial charge in [-0.2, -0.15) is 0 Å². The Morgan fingerprint density at radius 1 is 1.50 bits per heavy atom. The molecule has 110 valence electrons. The van der Waals surface area contributed by atoms with Gasteiger partial charge in [-0.15, -0.1) is 0 Å². The van der Waals surface area contributed by atoms with Gasteiger partial charge >= 0.3 is 5.97 Å². The predicted octanol–water partition coefficient (Wildman–Crippen LogP) is 1.77. The SMILES string of the molecule is Cc1nc(NCCN(C)C2CCCC2)ncc1C(=O)O.